The molecule has 0 spiro atoms. The molecule has 6 nitrogen and oxygen atoms in total. The quantitative estimate of drug-likeness (QED) is 0.318. The van der Waals surface area contributed by atoms with Crippen molar-refractivity contribution < 1.29 is 23.8 Å². The van der Waals surface area contributed by atoms with Crippen molar-refractivity contribution in [2.75, 3.05) is 17.3 Å². The van der Waals surface area contributed by atoms with E-state index in [1.807, 2.05) is 13.0 Å². The minimum absolute atomic E-state index is 0.0243. The van der Waals surface area contributed by atoms with E-state index in [-0.39, 0.29) is 28.2 Å². The number of ether oxygens (including phenoxy) is 1. The molecule has 192 valence electrons. The maximum Gasteiger partial charge on any atom is 0.265 e. The maximum atomic E-state index is 13.0. The molecule has 3 N–H and O–H groups in total. The second kappa shape index (κ2) is 11.6. The highest BCUT2D eigenvalue weighted by molar-refractivity contribution is 5.96. The van der Waals surface area contributed by atoms with Crippen molar-refractivity contribution >= 4 is 23.2 Å². The van der Waals surface area contributed by atoms with Crippen LogP contribution in [0.15, 0.2) is 36.4 Å². The molecule has 0 aliphatic rings. The Balaban J connectivity index is 2.28. The fourth-order valence-electron chi connectivity index (χ4n) is 3.57. The fraction of sp³-hybridized carbons (Fsp3) is 0.500. The summed E-state index contributed by atoms with van der Waals surface area (Å²) in [6.45, 7) is 13.8. The number of hydrogen-bond donors (Lipinski definition) is 3. The van der Waals surface area contributed by atoms with Crippen LogP contribution in [-0.2, 0) is 20.4 Å². The van der Waals surface area contributed by atoms with Gasteiger partial charge in [-0.1, -0.05) is 60.6 Å². The van der Waals surface area contributed by atoms with E-state index in [0.29, 0.717) is 17.9 Å². The van der Waals surface area contributed by atoms with Crippen molar-refractivity contribution in [1.29, 1.82) is 0 Å². The third-order valence-electron chi connectivity index (χ3n) is 6.85. The van der Waals surface area contributed by atoms with Gasteiger partial charge in [-0.3, -0.25) is 9.59 Å². The van der Waals surface area contributed by atoms with Crippen LogP contribution < -0.4 is 15.4 Å². The van der Waals surface area contributed by atoms with Crippen LogP contribution in [0, 0.1) is 0 Å². The van der Waals surface area contributed by atoms with Crippen molar-refractivity contribution in [2.45, 2.75) is 84.7 Å². The molecule has 2 aromatic rings. The maximum absolute atomic E-state index is 13.0. The molecular weight excluding hydrogens is 447 g/mol. The summed E-state index contributed by atoms with van der Waals surface area (Å²) in [6, 6.07) is 10.5. The number of carbonyl (C=O) groups is 2. The van der Waals surface area contributed by atoms with Crippen LogP contribution in [0.5, 0.6) is 11.5 Å². The van der Waals surface area contributed by atoms with Crippen molar-refractivity contribution in [3.8, 4) is 11.5 Å². The summed E-state index contributed by atoms with van der Waals surface area (Å²) in [5.74, 6) is -0.817. The zero-order chi connectivity index (χ0) is 26.4. The first kappa shape index (κ1) is 28.1. The molecule has 7 heteroatoms. The Labute approximate surface area is 208 Å². The first-order valence-electron chi connectivity index (χ1n) is 12.2. The molecule has 0 radical (unpaired) electrons. The standard InChI is InChI=1S/C28H39FN2O4/c1-8-23(26(34)30-19-12-13-21(22(32)16-19)31-25(33)17-29)35-24-14-11-18(27(4,5)9-2)15-20(24)28(6,7)10-3/h11-16,23,32H,8-10,17H2,1-7H3,(H,30,34)(H,31,33). The first-order chi connectivity index (χ1) is 16.4. The predicted octanol–water partition coefficient (Wildman–Crippen LogP) is 6.47. The van der Waals surface area contributed by atoms with E-state index >= 15 is 0 Å². The average Bonchev–Trinajstić information content (AvgIpc) is 2.83. The van der Waals surface area contributed by atoms with Crippen molar-refractivity contribution in [3.05, 3.63) is 47.5 Å². The van der Waals surface area contributed by atoms with E-state index in [1.165, 1.54) is 23.8 Å². The van der Waals surface area contributed by atoms with E-state index in [4.69, 9.17) is 4.74 Å². The van der Waals surface area contributed by atoms with Crippen molar-refractivity contribution in [3.63, 3.8) is 0 Å². The summed E-state index contributed by atoms with van der Waals surface area (Å²) >= 11 is 0. The molecule has 0 aliphatic heterocycles. The monoisotopic (exact) mass is 486 g/mol. The van der Waals surface area contributed by atoms with Gasteiger partial charge in [0.05, 0.1) is 5.69 Å². The highest BCUT2D eigenvalue weighted by Gasteiger charge is 2.29. The molecule has 0 saturated heterocycles. The first-order valence-corrected chi connectivity index (χ1v) is 12.2. The molecule has 0 saturated carbocycles. The van der Waals surface area contributed by atoms with Gasteiger partial charge in [0.15, 0.2) is 12.8 Å². The summed E-state index contributed by atoms with van der Waals surface area (Å²) in [6.07, 6.45) is 1.60. The van der Waals surface area contributed by atoms with Crippen LogP contribution in [0.3, 0.4) is 0 Å². The molecule has 2 aromatic carbocycles. The summed E-state index contributed by atoms with van der Waals surface area (Å²) in [5.41, 5.74) is 2.58. The van der Waals surface area contributed by atoms with E-state index in [1.54, 1.807) is 0 Å². The molecule has 0 aromatic heterocycles. The normalized spacial score (nSPS) is 12.7. The molecule has 0 fully saturated rings. The Morgan fingerprint density at radius 2 is 1.63 bits per heavy atom. The van der Waals surface area contributed by atoms with Gasteiger partial charge in [0.1, 0.15) is 11.5 Å². The van der Waals surface area contributed by atoms with Gasteiger partial charge in [-0.15, -0.1) is 0 Å². The minimum atomic E-state index is -1.19. The lowest BCUT2D eigenvalue weighted by Crippen LogP contribution is -2.33. The molecule has 35 heavy (non-hydrogen) atoms. The zero-order valence-corrected chi connectivity index (χ0v) is 21.9. The van der Waals surface area contributed by atoms with Crippen molar-refractivity contribution in [1.82, 2.24) is 0 Å². The number of aromatic hydroxyl groups is 1. The van der Waals surface area contributed by atoms with Gasteiger partial charge in [-0.05, 0) is 53.9 Å². The van der Waals surface area contributed by atoms with E-state index in [0.717, 1.165) is 18.4 Å². The Morgan fingerprint density at radius 3 is 2.17 bits per heavy atom. The SMILES string of the molecule is CCC(Oc1ccc(C(C)(C)CC)cc1C(C)(C)CC)C(=O)Nc1ccc(NC(=O)CF)c(O)c1. The summed E-state index contributed by atoms with van der Waals surface area (Å²) in [7, 11) is 0. The van der Waals surface area contributed by atoms with Crippen molar-refractivity contribution in [2.24, 2.45) is 0 Å². The van der Waals surface area contributed by atoms with Crippen LogP contribution in [-0.4, -0.2) is 29.7 Å². The summed E-state index contributed by atoms with van der Waals surface area (Å²) < 4.78 is 18.7. The number of nitrogens with one attached hydrogen (secondary N) is 2. The number of alkyl halides is 1. The smallest absolute Gasteiger partial charge is 0.265 e. The van der Waals surface area contributed by atoms with E-state index < -0.39 is 18.7 Å². The Kier molecular flexibility index (Phi) is 9.30. The molecule has 1 unspecified atom stereocenters. The number of phenolic OH excluding ortho intramolecular Hbond substituents is 1. The van der Waals surface area contributed by atoms with Crippen LogP contribution in [0.4, 0.5) is 15.8 Å². The number of phenols is 1. The summed E-state index contributed by atoms with van der Waals surface area (Å²) in [4.78, 5) is 24.3. The topological polar surface area (TPSA) is 87.7 Å². The van der Waals surface area contributed by atoms with Gasteiger partial charge in [-0.2, -0.15) is 0 Å². The third-order valence-corrected chi connectivity index (χ3v) is 6.85. The lowest BCUT2D eigenvalue weighted by molar-refractivity contribution is -0.123. The van der Waals surface area contributed by atoms with Crippen LogP contribution in [0.25, 0.3) is 0 Å². The van der Waals surface area contributed by atoms with Gasteiger partial charge >= 0.3 is 0 Å². The largest absolute Gasteiger partial charge is 0.506 e. The van der Waals surface area contributed by atoms with Gasteiger partial charge < -0.3 is 20.5 Å². The summed E-state index contributed by atoms with van der Waals surface area (Å²) in [5, 5.41) is 15.1. The lowest BCUT2D eigenvalue weighted by atomic mass is 9.76. The van der Waals surface area contributed by atoms with Gasteiger partial charge in [-0.25, -0.2) is 4.39 Å². The Bertz CT molecular complexity index is 1050. The Hall–Kier alpha value is -3.09. The lowest BCUT2D eigenvalue weighted by Gasteiger charge is -2.31. The zero-order valence-electron chi connectivity index (χ0n) is 21.9. The third kappa shape index (κ3) is 6.96. The number of anilines is 2. The highest BCUT2D eigenvalue weighted by Crippen LogP contribution is 2.39. The molecule has 2 rings (SSSR count). The van der Waals surface area contributed by atoms with Crippen LogP contribution in [0.1, 0.15) is 78.9 Å². The number of amides is 2. The number of carbonyl (C=O) groups excluding carboxylic acids is 2. The number of rotatable bonds is 11. The molecular formula is C28H39FN2O4. The van der Waals surface area contributed by atoms with Crippen LogP contribution >= 0.6 is 0 Å². The van der Waals surface area contributed by atoms with Gasteiger partial charge in [0.2, 0.25) is 0 Å². The second-order valence-electron chi connectivity index (χ2n) is 10.1. The molecule has 0 bridgehead atoms. The number of benzene rings is 2. The van der Waals surface area contributed by atoms with E-state index in [9.17, 15) is 19.1 Å². The Morgan fingerprint density at radius 1 is 0.971 bits per heavy atom. The molecule has 1 atom stereocenters. The van der Waals surface area contributed by atoms with Crippen LogP contribution in [0.2, 0.25) is 0 Å². The average molecular weight is 487 g/mol. The predicted molar refractivity (Wildman–Crippen MR) is 139 cm³/mol. The highest BCUT2D eigenvalue weighted by atomic mass is 19.1. The second-order valence-corrected chi connectivity index (χ2v) is 10.1. The van der Waals surface area contributed by atoms with Gasteiger partial charge in [0, 0.05) is 17.3 Å². The fourth-order valence-corrected chi connectivity index (χ4v) is 3.57. The molecule has 2 amide bonds. The molecule has 0 aliphatic carbocycles. The minimum Gasteiger partial charge on any atom is -0.506 e. The van der Waals surface area contributed by atoms with Gasteiger partial charge in [0.25, 0.3) is 11.8 Å². The molecule has 0 heterocycles. The number of hydrogen-bond acceptors (Lipinski definition) is 4. The number of halogens is 1. The van der Waals surface area contributed by atoms with E-state index in [2.05, 4.69) is 64.3 Å².